The Morgan fingerprint density at radius 3 is 2.68 bits per heavy atom. The van der Waals surface area contributed by atoms with Crippen molar-refractivity contribution in [2.24, 2.45) is 22.7 Å². The minimum atomic E-state index is -2.44. The van der Waals surface area contributed by atoms with Crippen LogP contribution in [-0.2, 0) is 0 Å². The molecule has 0 bridgehead atoms. The zero-order valence-electron chi connectivity index (χ0n) is 13.7. The smallest absolute Gasteiger partial charge is 0.207 e. The third-order valence-electron chi connectivity index (χ3n) is 7.83. The molecular weight excluding hydrogens is 346 g/mol. The van der Waals surface area contributed by atoms with Gasteiger partial charge >= 0.3 is 0 Å². The molecule has 0 spiro atoms. The van der Waals surface area contributed by atoms with Gasteiger partial charge in [0.15, 0.2) is 0 Å². The van der Waals surface area contributed by atoms with Crippen molar-refractivity contribution in [1.82, 2.24) is 0 Å². The molecule has 3 heteroatoms. The summed E-state index contributed by atoms with van der Waals surface area (Å²) in [5.74, 6) is -1.84. The number of allylic oxidation sites excluding steroid dienone is 2. The van der Waals surface area contributed by atoms with Gasteiger partial charge < -0.3 is 0 Å². The normalized spacial score (nSPS) is 53.2. The molecule has 0 saturated heterocycles. The molecule has 3 fully saturated rings. The number of fused-ring (bicyclic) bond motifs is 5. The molecule has 0 unspecified atom stereocenters. The van der Waals surface area contributed by atoms with Crippen molar-refractivity contribution in [2.75, 3.05) is 0 Å². The molecule has 0 aliphatic heterocycles. The molecule has 0 amide bonds. The van der Waals surface area contributed by atoms with Crippen LogP contribution in [0.3, 0.4) is 0 Å². The molecule has 4 aliphatic rings. The summed E-state index contributed by atoms with van der Waals surface area (Å²) in [7, 11) is 0. The van der Waals surface area contributed by atoms with Gasteiger partial charge in [-0.05, 0) is 62.2 Å². The highest BCUT2D eigenvalue weighted by molar-refractivity contribution is 9.10. The van der Waals surface area contributed by atoms with Crippen molar-refractivity contribution in [3.63, 3.8) is 0 Å². The van der Waals surface area contributed by atoms with Crippen LogP contribution < -0.4 is 0 Å². The van der Waals surface area contributed by atoms with Gasteiger partial charge in [0.2, 0.25) is 5.92 Å². The molecule has 0 nitrogen and oxygen atoms in total. The van der Waals surface area contributed by atoms with Gasteiger partial charge in [-0.1, -0.05) is 41.4 Å². The zero-order chi connectivity index (χ0) is 15.8. The second kappa shape index (κ2) is 4.58. The molecule has 3 saturated carbocycles. The van der Waals surface area contributed by atoms with Crippen molar-refractivity contribution >= 4 is 15.9 Å². The van der Waals surface area contributed by atoms with Gasteiger partial charge in [0.05, 0.1) is 0 Å². The molecule has 0 radical (unpaired) electrons. The van der Waals surface area contributed by atoms with E-state index in [2.05, 4.69) is 35.9 Å². The first-order chi connectivity index (χ1) is 10.2. The number of alkyl halides is 3. The van der Waals surface area contributed by atoms with Crippen molar-refractivity contribution in [2.45, 2.75) is 81.9 Å². The van der Waals surface area contributed by atoms with Gasteiger partial charge in [-0.15, -0.1) is 0 Å². The first-order valence-electron chi connectivity index (χ1n) is 8.97. The third kappa shape index (κ3) is 1.90. The lowest BCUT2D eigenvalue weighted by Crippen LogP contribution is -2.58. The molecule has 0 aromatic rings. The first kappa shape index (κ1) is 15.6. The summed E-state index contributed by atoms with van der Waals surface area (Å²) < 4.78 is 28.4. The van der Waals surface area contributed by atoms with E-state index in [-0.39, 0.29) is 33.9 Å². The maximum atomic E-state index is 14.2. The molecule has 22 heavy (non-hydrogen) atoms. The van der Waals surface area contributed by atoms with E-state index in [1.54, 1.807) is 5.57 Å². The Morgan fingerprint density at radius 1 is 1.14 bits per heavy atom. The highest BCUT2D eigenvalue weighted by Crippen LogP contribution is 2.71. The van der Waals surface area contributed by atoms with E-state index < -0.39 is 5.92 Å². The van der Waals surface area contributed by atoms with Gasteiger partial charge in [0, 0.05) is 22.6 Å². The number of hydrogen-bond donors (Lipinski definition) is 0. The summed E-state index contributed by atoms with van der Waals surface area (Å²) in [6.07, 6.45) is 10.6. The van der Waals surface area contributed by atoms with Gasteiger partial charge in [-0.25, -0.2) is 8.78 Å². The van der Waals surface area contributed by atoms with Gasteiger partial charge in [0.25, 0.3) is 0 Å². The van der Waals surface area contributed by atoms with Crippen LogP contribution in [0.1, 0.15) is 71.6 Å². The fourth-order valence-corrected chi connectivity index (χ4v) is 7.83. The molecular formula is C19H27BrF2. The summed E-state index contributed by atoms with van der Waals surface area (Å²) >= 11 is 4.18. The summed E-state index contributed by atoms with van der Waals surface area (Å²) in [5, 5.41) is 0. The molecule has 0 N–H and O–H groups in total. The number of rotatable bonds is 0. The average Bonchev–Trinajstić information content (AvgIpc) is 2.69. The van der Waals surface area contributed by atoms with Crippen molar-refractivity contribution in [3.8, 4) is 0 Å². The van der Waals surface area contributed by atoms with E-state index in [4.69, 9.17) is 0 Å². The fourth-order valence-electron chi connectivity index (χ4n) is 6.63. The van der Waals surface area contributed by atoms with Crippen molar-refractivity contribution < 1.29 is 8.78 Å². The Balaban J connectivity index is 1.75. The molecule has 4 aliphatic carbocycles. The van der Waals surface area contributed by atoms with Crippen molar-refractivity contribution in [1.29, 1.82) is 0 Å². The second-order valence-corrected chi connectivity index (χ2v) is 10.4. The summed E-state index contributed by atoms with van der Waals surface area (Å²) in [4.78, 5) is 0. The van der Waals surface area contributed by atoms with Crippen LogP contribution in [0.25, 0.3) is 0 Å². The second-order valence-electron chi connectivity index (χ2n) is 8.96. The number of hydrogen-bond acceptors (Lipinski definition) is 0. The Labute approximate surface area is 141 Å². The lowest BCUT2D eigenvalue weighted by molar-refractivity contribution is -0.00902. The van der Waals surface area contributed by atoms with Crippen LogP contribution in [0.15, 0.2) is 11.6 Å². The van der Waals surface area contributed by atoms with Crippen LogP contribution in [0, 0.1) is 22.7 Å². The monoisotopic (exact) mass is 372 g/mol. The molecule has 0 aromatic carbocycles. The quantitative estimate of drug-likeness (QED) is 0.336. The standard InChI is InChI=1S/C19H27BrF2/c1-16-9-10-19(20)14(15(16)11-18(21,22)12-16)7-6-13-5-3-4-8-17(13,19)2/h5,14-15H,3-4,6-12H2,1-2H3/t14-,15-,16+,17-,19+/m0/s1. The van der Waals surface area contributed by atoms with Crippen LogP contribution in [0.4, 0.5) is 8.78 Å². The summed E-state index contributed by atoms with van der Waals surface area (Å²) in [5.41, 5.74) is 1.66. The summed E-state index contributed by atoms with van der Waals surface area (Å²) in [6.45, 7) is 4.55. The third-order valence-corrected chi connectivity index (χ3v) is 9.69. The lowest BCUT2D eigenvalue weighted by atomic mass is 9.47. The minimum Gasteiger partial charge on any atom is -0.207 e. The van der Waals surface area contributed by atoms with E-state index in [1.165, 1.54) is 19.3 Å². The Bertz CT molecular complexity index is 528. The van der Waals surface area contributed by atoms with Crippen LogP contribution in [0.2, 0.25) is 0 Å². The molecule has 4 rings (SSSR count). The van der Waals surface area contributed by atoms with E-state index >= 15 is 0 Å². The van der Waals surface area contributed by atoms with Crippen LogP contribution >= 0.6 is 15.9 Å². The molecule has 5 atom stereocenters. The van der Waals surface area contributed by atoms with Gasteiger partial charge in [0.1, 0.15) is 0 Å². The number of halogens is 3. The predicted octanol–water partition coefficient (Wildman–Crippen LogP) is 6.49. The van der Waals surface area contributed by atoms with E-state index in [1.807, 2.05) is 0 Å². The largest absolute Gasteiger partial charge is 0.249 e. The lowest BCUT2D eigenvalue weighted by Gasteiger charge is -2.62. The first-order valence-corrected chi connectivity index (χ1v) is 9.76. The minimum absolute atomic E-state index is 0.0507. The Morgan fingerprint density at radius 2 is 1.91 bits per heavy atom. The maximum absolute atomic E-state index is 14.2. The average molecular weight is 373 g/mol. The maximum Gasteiger partial charge on any atom is 0.249 e. The van der Waals surface area contributed by atoms with E-state index in [9.17, 15) is 8.78 Å². The van der Waals surface area contributed by atoms with E-state index in [0.717, 1.165) is 25.7 Å². The molecule has 124 valence electrons. The summed E-state index contributed by atoms with van der Waals surface area (Å²) in [6, 6.07) is 0. The highest BCUT2D eigenvalue weighted by atomic mass is 79.9. The van der Waals surface area contributed by atoms with Crippen LogP contribution in [-0.4, -0.2) is 10.2 Å². The Hall–Kier alpha value is 0.0800. The van der Waals surface area contributed by atoms with E-state index in [0.29, 0.717) is 5.92 Å². The van der Waals surface area contributed by atoms with Crippen molar-refractivity contribution in [3.05, 3.63) is 11.6 Å². The molecule has 0 aromatic heterocycles. The molecule has 0 heterocycles. The topological polar surface area (TPSA) is 0 Å². The van der Waals surface area contributed by atoms with Gasteiger partial charge in [-0.2, -0.15) is 0 Å². The SMILES string of the molecule is C[C@]12CC[C@@]3(Br)[C@@H](CCC4=CCCC[C@@]43C)[C@@H]1CC(F)(F)C2. The highest BCUT2D eigenvalue weighted by Gasteiger charge is 2.66. The predicted molar refractivity (Wildman–Crippen MR) is 89.4 cm³/mol. The fraction of sp³-hybridized carbons (Fsp3) is 0.895. The van der Waals surface area contributed by atoms with Gasteiger partial charge in [-0.3, -0.25) is 0 Å². The zero-order valence-corrected chi connectivity index (χ0v) is 15.3. The Kier molecular flexibility index (Phi) is 3.25. The van der Waals surface area contributed by atoms with Crippen LogP contribution in [0.5, 0.6) is 0 Å².